The maximum Gasteiger partial charge on any atom is 0.226 e. The van der Waals surface area contributed by atoms with Crippen molar-refractivity contribution >= 4 is 22.2 Å². The van der Waals surface area contributed by atoms with Gasteiger partial charge in [0, 0.05) is 29.0 Å². The molecule has 3 heterocycles. The number of nitrogens with one attached hydrogen (secondary N) is 1. The van der Waals surface area contributed by atoms with E-state index in [1.165, 1.54) is 11.3 Å². The van der Waals surface area contributed by atoms with Gasteiger partial charge in [-0.3, -0.25) is 14.2 Å². The number of pyridine rings is 1. The zero-order valence-electron chi connectivity index (χ0n) is 14.8. The summed E-state index contributed by atoms with van der Waals surface area (Å²) in [5, 5.41) is 4.88. The Morgan fingerprint density at radius 3 is 3.00 bits per heavy atom. The first-order valence-electron chi connectivity index (χ1n) is 8.49. The number of imidazole rings is 1. The lowest BCUT2D eigenvalue weighted by Gasteiger charge is -2.04. The van der Waals surface area contributed by atoms with Crippen molar-refractivity contribution in [2.24, 2.45) is 0 Å². The molecule has 0 aliphatic heterocycles. The fourth-order valence-electron chi connectivity index (χ4n) is 2.80. The highest BCUT2D eigenvalue weighted by Crippen LogP contribution is 2.26. The smallest absolute Gasteiger partial charge is 0.226 e. The predicted molar refractivity (Wildman–Crippen MR) is 105 cm³/mol. The van der Waals surface area contributed by atoms with Gasteiger partial charge in [-0.1, -0.05) is 18.2 Å². The Balaban J connectivity index is 1.49. The Bertz CT molecular complexity index is 1070. The molecule has 0 unspecified atom stereocenters. The monoisotopic (exact) mass is 378 g/mol. The first-order valence-corrected chi connectivity index (χ1v) is 9.37. The van der Waals surface area contributed by atoms with Gasteiger partial charge in [-0.15, -0.1) is 11.3 Å². The highest BCUT2D eigenvalue weighted by Gasteiger charge is 2.13. The quantitative estimate of drug-likeness (QED) is 0.559. The lowest BCUT2D eigenvalue weighted by atomic mass is 10.1. The number of fused-ring (bicyclic) bond motifs is 1. The van der Waals surface area contributed by atoms with Crippen LogP contribution in [-0.4, -0.2) is 27.4 Å². The minimum atomic E-state index is -0.0445. The maximum absolute atomic E-state index is 12.3. The van der Waals surface area contributed by atoms with E-state index in [9.17, 15) is 4.79 Å². The second-order valence-electron chi connectivity index (χ2n) is 6.01. The molecule has 0 bridgehead atoms. The van der Waals surface area contributed by atoms with E-state index in [2.05, 4.69) is 15.3 Å². The Labute approximate surface area is 160 Å². The highest BCUT2D eigenvalue weighted by atomic mass is 32.1. The summed E-state index contributed by atoms with van der Waals surface area (Å²) in [6.07, 6.45) is 3.97. The average molecular weight is 378 g/mol. The van der Waals surface area contributed by atoms with Crippen LogP contribution in [-0.2, 0) is 17.8 Å². The third-order valence-electron chi connectivity index (χ3n) is 4.18. The van der Waals surface area contributed by atoms with Crippen LogP contribution in [0.3, 0.4) is 0 Å². The number of carbonyl (C=O) groups is 1. The van der Waals surface area contributed by atoms with E-state index < -0.39 is 0 Å². The van der Waals surface area contributed by atoms with Crippen LogP contribution in [0, 0.1) is 0 Å². The lowest BCUT2D eigenvalue weighted by molar-refractivity contribution is -0.120. The summed E-state index contributed by atoms with van der Waals surface area (Å²) in [6.45, 7) is 0.423. The number of carbonyl (C=O) groups excluding carboxylic acids is 1. The molecule has 27 heavy (non-hydrogen) atoms. The van der Waals surface area contributed by atoms with Crippen LogP contribution in [0.15, 0.2) is 60.2 Å². The fourth-order valence-corrected chi connectivity index (χ4v) is 3.67. The van der Waals surface area contributed by atoms with Crippen LogP contribution in [0.2, 0.25) is 0 Å². The van der Waals surface area contributed by atoms with Crippen LogP contribution >= 0.6 is 11.3 Å². The predicted octanol–water partition coefficient (Wildman–Crippen LogP) is 3.33. The number of thiazole rings is 1. The van der Waals surface area contributed by atoms with Crippen molar-refractivity contribution in [1.29, 1.82) is 0 Å². The van der Waals surface area contributed by atoms with E-state index >= 15 is 0 Å². The minimum absolute atomic E-state index is 0.0445. The Kier molecular flexibility index (Phi) is 4.84. The number of aromatic nitrogens is 3. The zero-order valence-corrected chi connectivity index (χ0v) is 15.6. The van der Waals surface area contributed by atoms with Gasteiger partial charge < -0.3 is 10.1 Å². The molecule has 1 aromatic carbocycles. The van der Waals surface area contributed by atoms with E-state index in [4.69, 9.17) is 4.74 Å². The van der Waals surface area contributed by atoms with E-state index in [-0.39, 0.29) is 5.91 Å². The molecule has 136 valence electrons. The Morgan fingerprint density at radius 1 is 1.26 bits per heavy atom. The van der Waals surface area contributed by atoms with Crippen LogP contribution in [0.4, 0.5) is 0 Å². The summed E-state index contributed by atoms with van der Waals surface area (Å²) < 4.78 is 7.25. The number of benzene rings is 1. The number of nitrogens with zero attached hydrogens (tertiary/aromatic N) is 3. The second-order valence-corrected chi connectivity index (χ2v) is 6.85. The van der Waals surface area contributed by atoms with Gasteiger partial charge in [0.15, 0.2) is 4.96 Å². The molecule has 0 radical (unpaired) electrons. The van der Waals surface area contributed by atoms with Crippen molar-refractivity contribution in [3.63, 3.8) is 0 Å². The van der Waals surface area contributed by atoms with Crippen molar-refractivity contribution in [1.82, 2.24) is 19.7 Å². The standard InChI is InChI=1S/C20H18N4O2S/c1-26-17-7-4-5-14(9-17)18-12-24-16(13-27-20(24)23-18)10-19(25)22-11-15-6-2-3-8-21-15/h2-9,12-13H,10-11H2,1H3,(H,22,25). The normalized spacial score (nSPS) is 10.9. The van der Waals surface area contributed by atoms with E-state index in [0.29, 0.717) is 13.0 Å². The molecule has 4 rings (SSSR count). The van der Waals surface area contributed by atoms with Gasteiger partial charge in [0.1, 0.15) is 5.75 Å². The largest absolute Gasteiger partial charge is 0.497 e. The third-order valence-corrected chi connectivity index (χ3v) is 5.07. The molecule has 0 saturated carbocycles. The molecule has 3 aromatic heterocycles. The van der Waals surface area contributed by atoms with Crippen LogP contribution in [0.1, 0.15) is 11.4 Å². The van der Waals surface area contributed by atoms with Crippen molar-refractivity contribution in [2.75, 3.05) is 7.11 Å². The first kappa shape index (κ1) is 17.2. The molecular weight excluding hydrogens is 360 g/mol. The maximum atomic E-state index is 12.3. The van der Waals surface area contributed by atoms with Gasteiger partial charge >= 0.3 is 0 Å². The average Bonchev–Trinajstić information content (AvgIpc) is 3.29. The first-order chi connectivity index (χ1) is 13.2. The number of hydrogen-bond donors (Lipinski definition) is 1. The number of hydrogen-bond acceptors (Lipinski definition) is 5. The SMILES string of the molecule is COc1cccc(-c2cn3c(CC(=O)NCc4ccccn4)csc3n2)c1. The highest BCUT2D eigenvalue weighted by molar-refractivity contribution is 7.15. The van der Waals surface area contributed by atoms with Gasteiger partial charge in [-0.25, -0.2) is 4.98 Å². The molecule has 4 aromatic rings. The molecule has 0 fully saturated rings. The van der Waals surface area contributed by atoms with Crippen molar-refractivity contribution < 1.29 is 9.53 Å². The molecule has 7 heteroatoms. The Hall–Kier alpha value is -3.19. The molecule has 1 amide bonds. The van der Waals surface area contributed by atoms with Crippen LogP contribution < -0.4 is 10.1 Å². The van der Waals surface area contributed by atoms with Gasteiger partial charge in [-0.05, 0) is 24.3 Å². The molecule has 0 saturated heterocycles. The van der Waals surface area contributed by atoms with Gasteiger partial charge in [0.25, 0.3) is 0 Å². The molecule has 0 aliphatic rings. The fraction of sp³-hybridized carbons (Fsp3) is 0.150. The molecular formula is C20H18N4O2S. The topological polar surface area (TPSA) is 68.5 Å². The van der Waals surface area contributed by atoms with Gasteiger partial charge in [0.2, 0.25) is 5.91 Å². The molecule has 0 spiro atoms. The van der Waals surface area contributed by atoms with Crippen molar-refractivity contribution in [3.05, 3.63) is 71.6 Å². The number of amides is 1. The van der Waals surface area contributed by atoms with E-state index in [1.807, 2.05) is 58.4 Å². The number of rotatable bonds is 6. The molecule has 6 nitrogen and oxygen atoms in total. The van der Waals surface area contributed by atoms with Crippen molar-refractivity contribution in [3.8, 4) is 17.0 Å². The van der Waals surface area contributed by atoms with E-state index in [1.54, 1.807) is 13.3 Å². The summed E-state index contributed by atoms with van der Waals surface area (Å²) in [6, 6.07) is 13.4. The van der Waals surface area contributed by atoms with Crippen LogP contribution in [0.25, 0.3) is 16.2 Å². The summed E-state index contributed by atoms with van der Waals surface area (Å²) in [5.74, 6) is 0.745. The third kappa shape index (κ3) is 3.83. The van der Waals surface area contributed by atoms with Crippen LogP contribution in [0.5, 0.6) is 5.75 Å². The molecule has 1 N–H and O–H groups in total. The summed E-state index contributed by atoms with van der Waals surface area (Å²) in [7, 11) is 1.65. The lowest BCUT2D eigenvalue weighted by Crippen LogP contribution is -2.25. The molecule has 0 aliphatic carbocycles. The number of ether oxygens (including phenoxy) is 1. The van der Waals surface area contributed by atoms with Crippen molar-refractivity contribution in [2.45, 2.75) is 13.0 Å². The summed E-state index contributed by atoms with van der Waals surface area (Å²) in [4.78, 5) is 22.0. The summed E-state index contributed by atoms with van der Waals surface area (Å²) >= 11 is 1.52. The zero-order chi connectivity index (χ0) is 18.6. The minimum Gasteiger partial charge on any atom is -0.497 e. The summed E-state index contributed by atoms with van der Waals surface area (Å²) in [5.41, 5.74) is 3.59. The number of methoxy groups -OCH3 is 1. The second kappa shape index (κ2) is 7.59. The van der Waals surface area contributed by atoms with E-state index in [0.717, 1.165) is 33.4 Å². The van der Waals surface area contributed by atoms with Gasteiger partial charge in [-0.2, -0.15) is 0 Å². The van der Waals surface area contributed by atoms with Gasteiger partial charge in [0.05, 0.1) is 31.5 Å². The molecule has 0 atom stereocenters. The Morgan fingerprint density at radius 2 is 2.19 bits per heavy atom.